The number of rotatable bonds is 3. The molecule has 0 bridgehead atoms. The molecule has 1 aliphatic rings. The molecule has 1 saturated heterocycles. The number of imide groups is 1. The topological polar surface area (TPSA) is 37.4 Å². The highest BCUT2D eigenvalue weighted by Crippen LogP contribution is 2.35. The first-order valence-corrected chi connectivity index (χ1v) is 7.12. The molecule has 0 aliphatic carbocycles. The van der Waals surface area contributed by atoms with Crippen LogP contribution < -0.4 is 0 Å². The molecule has 106 valence electrons. The van der Waals surface area contributed by atoms with Crippen molar-refractivity contribution < 1.29 is 9.59 Å². The smallest absolute Gasteiger partial charge is 0.237 e. The fourth-order valence-electron chi connectivity index (χ4n) is 2.89. The first-order chi connectivity index (χ1) is 10.2. The average Bonchev–Trinajstić information content (AvgIpc) is 2.73. The van der Waals surface area contributed by atoms with Crippen molar-refractivity contribution in [1.82, 2.24) is 4.90 Å². The van der Waals surface area contributed by atoms with E-state index in [4.69, 9.17) is 0 Å². The molecule has 0 N–H and O–H groups in total. The van der Waals surface area contributed by atoms with E-state index in [-0.39, 0.29) is 23.7 Å². The molecule has 0 saturated carbocycles. The van der Waals surface area contributed by atoms with E-state index in [0.717, 1.165) is 11.1 Å². The molecule has 1 aliphatic heterocycles. The highest BCUT2D eigenvalue weighted by atomic mass is 16.2. The van der Waals surface area contributed by atoms with Crippen LogP contribution in [0.1, 0.15) is 24.0 Å². The predicted octanol–water partition coefficient (Wildman–Crippen LogP) is 2.98. The van der Waals surface area contributed by atoms with Gasteiger partial charge >= 0.3 is 0 Å². The molecule has 21 heavy (non-hydrogen) atoms. The summed E-state index contributed by atoms with van der Waals surface area (Å²) in [7, 11) is 0. The minimum atomic E-state index is -0.359. The van der Waals surface area contributed by atoms with Crippen LogP contribution in [0.2, 0.25) is 0 Å². The Hall–Kier alpha value is -2.42. The van der Waals surface area contributed by atoms with E-state index in [1.54, 1.807) is 0 Å². The summed E-state index contributed by atoms with van der Waals surface area (Å²) < 4.78 is 0. The number of carbonyl (C=O) groups excluding carboxylic acids is 2. The molecule has 0 radical (unpaired) electrons. The largest absolute Gasteiger partial charge is 0.277 e. The van der Waals surface area contributed by atoms with E-state index in [2.05, 4.69) is 0 Å². The average molecular weight is 279 g/mol. The van der Waals surface area contributed by atoms with Gasteiger partial charge in [0.25, 0.3) is 0 Å². The van der Waals surface area contributed by atoms with Crippen molar-refractivity contribution in [2.45, 2.75) is 19.4 Å². The Morgan fingerprint density at radius 2 is 1.43 bits per heavy atom. The van der Waals surface area contributed by atoms with Gasteiger partial charge in [0.2, 0.25) is 11.8 Å². The lowest BCUT2D eigenvalue weighted by Crippen LogP contribution is -2.30. The third-order valence-corrected chi connectivity index (χ3v) is 4.03. The second kappa shape index (κ2) is 5.52. The summed E-state index contributed by atoms with van der Waals surface area (Å²) in [5.74, 6) is -0.841. The van der Waals surface area contributed by atoms with Gasteiger partial charge in [-0.1, -0.05) is 67.6 Å². The van der Waals surface area contributed by atoms with Crippen molar-refractivity contribution in [3.05, 3.63) is 71.8 Å². The third-order valence-electron chi connectivity index (χ3n) is 4.03. The maximum atomic E-state index is 12.6. The molecule has 0 unspecified atom stereocenters. The van der Waals surface area contributed by atoms with E-state index in [9.17, 15) is 9.59 Å². The number of benzene rings is 2. The first kappa shape index (κ1) is 13.6. The Kier molecular flexibility index (Phi) is 3.57. The Balaban J connectivity index is 1.87. The van der Waals surface area contributed by atoms with Gasteiger partial charge in [0.1, 0.15) is 0 Å². The standard InChI is InChI=1S/C18H17NO2/c1-13-16(15-10-6-3-7-11-15)18(21)19(17(13)20)12-14-8-4-2-5-9-14/h2-11,13,16H,12H2,1H3/t13-,16-/m1/s1. The van der Waals surface area contributed by atoms with E-state index in [1.165, 1.54) is 4.90 Å². The molecule has 3 heteroatoms. The fraction of sp³-hybridized carbons (Fsp3) is 0.222. The van der Waals surface area contributed by atoms with E-state index >= 15 is 0 Å². The van der Waals surface area contributed by atoms with Crippen molar-refractivity contribution in [3.63, 3.8) is 0 Å². The van der Waals surface area contributed by atoms with Crippen LogP contribution in [0.3, 0.4) is 0 Å². The van der Waals surface area contributed by atoms with Crippen LogP contribution in [0.15, 0.2) is 60.7 Å². The normalized spacial score (nSPS) is 21.9. The number of nitrogens with zero attached hydrogens (tertiary/aromatic N) is 1. The summed E-state index contributed by atoms with van der Waals surface area (Å²) in [6.07, 6.45) is 0. The van der Waals surface area contributed by atoms with E-state index in [0.29, 0.717) is 6.54 Å². The van der Waals surface area contributed by atoms with Crippen molar-refractivity contribution in [3.8, 4) is 0 Å². The highest BCUT2D eigenvalue weighted by molar-refractivity contribution is 6.07. The molecule has 2 atom stereocenters. The SMILES string of the molecule is C[C@H]1C(=O)N(Cc2ccccc2)C(=O)[C@H]1c1ccccc1. The molecule has 3 rings (SSSR count). The number of hydrogen-bond acceptors (Lipinski definition) is 2. The summed E-state index contributed by atoms with van der Waals surface area (Å²) in [5.41, 5.74) is 1.89. The lowest BCUT2D eigenvalue weighted by atomic mass is 9.89. The Morgan fingerprint density at radius 1 is 0.857 bits per heavy atom. The van der Waals surface area contributed by atoms with Gasteiger partial charge in [0, 0.05) is 0 Å². The predicted molar refractivity (Wildman–Crippen MR) is 80.3 cm³/mol. The highest BCUT2D eigenvalue weighted by Gasteiger charge is 2.45. The summed E-state index contributed by atoms with van der Waals surface area (Å²) in [5, 5.41) is 0. The number of amides is 2. The number of carbonyl (C=O) groups is 2. The molecule has 2 aromatic carbocycles. The quantitative estimate of drug-likeness (QED) is 0.810. The fourth-order valence-corrected chi connectivity index (χ4v) is 2.89. The van der Waals surface area contributed by atoms with Crippen molar-refractivity contribution in [2.75, 3.05) is 0 Å². The van der Waals surface area contributed by atoms with Crippen LogP contribution >= 0.6 is 0 Å². The maximum Gasteiger partial charge on any atom is 0.237 e. The van der Waals surface area contributed by atoms with Crippen LogP contribution in [0.25, 0.3) is 0 Å². The van der Waals surface area contributed by atoms with Gasteiger partial charge in [-0.25, -0.2) is 0 Å². The maximum absolute atomic E-state index is 12.6. The minimum absolute atomic E-state index is 0.0855. The molecule has 2 amide bonds. The van der Waals surface area contributed by atoms with Gasteiger partial charge in [-0.2, -0.15) is 0 Å². The zero-order valence-corrected chi connectivity index (χ0v) is 11.9. The summed E-state index contributed by atoms with van der Waals surface area (Å²) >= 11 is 0. The van der Waals surface area contributed by atoms with Crippen LogP contribution in [-0.4, -0.2) is 16.7 Å². The summed E-state index contributed by atoms with van der Waals surface area (Å²) in [6, 6.07) is 19.2. The Morgan fingerprint density at radius 3 is 2.05 bits per heavy atom. The van der Waals surface area contributed by atoms with Gasteiger partial charge in [0.15, 0.2) is 0 Å². The van der Waals surface area contributed by atoms with Gasteiger partial charge in [0.05, 0.1) is 18.4 Å². The summed E-state index contributed by atoms with van der Waals surface area (Å²) in [6.45, 7) is 2.19. The third kappa shape index (κ3) is 2.47. The van der Waals surface area contributed by atoms with Gasteiger partial charge in [-0.15, -0.1) is 0 Å². The van der Waals surface area contributed by atoms with Crippen molar-refractivity contribution >= 4 is 11.8 Å². The minimum Gasteiger partial charge on any atom is -0.277 e. The molecule has 0 aromatic heterocycles. The number of likely N-dealkylation sites (tertiary alicyclic amines) is 1. The van der Waals surface area contributed by atoms with Gasteiger partial charge in [-0.05, 0) is 11.1 Å². The molecule has 3 nitrogen and oxygen atoms in total. The lowest BCUT2D eigenvalue weighted by molar-refractivity contribution is -0.140. The van der Waals surface area contributed by atoms with Crippen LogP contribution in [0.5, 0.6) is 0 Å². The number of hydrogen-bond donors (Lipinski definition) is 0. The zero-order valence-electron chi connectivity index (χ0n) is 11.9. The second-order valence-corrected chi connectivity index (χ2v) is 5.43. The van der Waals surface area contributed by atoms with Gasteiger partial charge in [-0.3, -0.25) is 14.5 Å². The molecule has 1 fully saturated rings. The zero-order chi connectivity index (χ0) is 14.8. The molecule has 1 heterocycles. The second-order valence-electron chi connectivity index (χ2n) is 5.43. The van der Waals surface area contributed by atoms with Crippen molar-refractivity contribution in [2.24, 2.45) is 5.92 Å². The first-order valence-electron chi connectivity index (χ1n) is 7.12. The molecule has 0 spiro atoms. The molecule has 2 aromatic rings. The van der Waals surface area contributed by atoms with E-state index < -0.39 is 0 Å². The molecular weight excluding hydrogens is 262 g/mol. The summed E-state index contributed by atoms with van der Waals surface area (Å²) in [4.78, 5) is 26.4. The van der Waals surface area contributed by atoms with Crippen molar-refractivity contribution in [1.29, 1.82) is 0 Å². The van der Waals surface area contributed by atoms with Gasteiger partial charge < -0.3 is 0 Å². The van der Waals surface area contributed by atoms with Crippen LogP contribution in [0.4, 0.5) is 0 Å². The Bertz CT molecular complexity index is 651. The monoisotopic (exact) mass is 279 g/mol. The lowest BCUT2D eigenvalue weighted by Gasteiger charge is -2.15. The Labute approximate surface area is 124 Å². The molecular formula is C18H17NO2. The van der Waals surface area contributed by atoms with Crippen LogP contribution in [-0.2, 0) is 16.1 Å². The van der Waals surface area contributed by atoms with E-state index in [1.807, 2.05) is 67.6 Å². The van der Waals surface area contributed by atoms with Crippen LogP contribution in [0, 0.1) is 5.92 Å².